The van der Waals surface area contributed by atoms with Gasteiger partial charge in [-0.2, -0.15) is 0 Å². The zero-order valence-electron chi connectivity index (χ0n) is 8.52. The molecule has 0 aliphatic heterocycles. The summed E-state index contributed by atoms with van der Waals surface area (Å²) in [4.78, 5) is 0. The van der Waals surface area contributed by atoms with Crippen LogP contribution in [-0.4, -0.2) is 19.8 Å². The predicted molar refractivity (Wildman–Crippen MR) is 54.4 cm³/mol. The minimum Gasteiger partial charge on any atom is -0.875 e. The first-order valence-corrected chi connectivity index (χ1v) is 4.08. The van der Waals surface area contributed by atoms with Gasteiger partial charge in [-0.3, -0.25) is 0 Å². The van der Waals surface area contributed by atoms with Gasteiger partial charge in [0.25, 0.3) is 0 Å². The fourth-order valence-corrected chi connectivity index (χ4v) is 0.867. The summed E-state index contributed by atoms with van der Waals surface area (Å²) in [5, 5.41) is 10.5. The van der Waals surface area contributed by atoms with Gasteiger partial charge in [-0.05, 0) is 26.2 Å². The van der Waals surface area contributed by atoms with E-state index in [1.54, 1.807) is 13.8 Å². The number of hydrogen-bond donors (Lipinski definition) is 0. The van der Waals surface area contributed by atoms with Gasteiger partial charge >= 0.3 is 0 Å². The molecule has 0 saturated heterocycles. The van der Waals surface area contributed by atoms with Crippen molar-refractivity contribution in [3.05, 3.63) is 25.2 Å². The van der Waals surface area contributed by atoms with Crippen molar-refractivity contribution in [1.82, 2.24) is 0 Å². The van der Waals surface area contributed by atoms with Crippen LogP contribution in [0.2, 0.25) is 0 Å². The fourth-order valence-electron chi connectivity index (χ4n) is 0.867. The van der Waals surface area contributed by atoms with E-state index in [2.05, 4.69) is 13.8 Å². The molecule has 0 saturated carbocycles. The van der Waals surface area contributed by atoms with Crippen LogP contribution in [0.4, 0.5) is 0 Å². The third kappa shape index (κ3) is 8.27. The topological polar surface area (TPSA) is 23.1 Å². The summed E-state index contributed by atoms with van der Waals surface area (Å²) in [6.45, 7) is 11.9. The van der Waals surface area contributed by atoms with Crippen molar-refractivity contribution in [2.75, 3.05) is 0 Å². The molecule has 1 rings (SSSR count). The van der Waals surface area contributed by atoms with E-state index in [9.17, 15) is 5.11 Å². The monoisotopic (exact) mass is 224 g/mol. The molecule has 0 fully saturated rings. The average Bonchev–Trinajstić information content (AvgIpc) is 2.44. The van der Waals surface area contributed by atoms with Crippen molar-refractivity contribution in [3.8, 4) is 0 Å². The van der Waals surface area contributed by atoms with Crippen molar-refractivity contribution in [1.29, 1.82) is 0 Å². The van der Waals surface area contributed by atoms with Crippen LogP contribution in [0.25, 0.3) is 0 Å². The second kappa shape index (κ2) is 13.7. The Morgan fingerprint density at radius 3 is 1.58 bits per heavy atom. The first-order valence-electron chi connectivity index (χ1n) is 4.08. The van der Waals surface area contributed by atoms with Crippen LogP contribution in [0, 0.1) is 13.8 Å². The van der Waals surface area contributed by atoms with Gasteiger partial charge in [0.2, 0.25) is 0 Å². The molecule has 0 heterocycles. The summed E-state index contributed by atoms with van der Waals surface area (Å²) >= 11 is 0. The van der Waals surface area contributed by atoms with Crippen molar-refractivity contribution >= 4 is 19.8 Å². The van der Waals surface area contributed by atoms with Gasteiger partial charge in [-0.1, -0.05) is 33.3 Å². The molecule has 0 amide bonds. The van der Waals surface area contributed by atoms with Crippen molar-refractivity contribution in [3.63, 3.8) is 0 Å². The maximum atomic E-state index is 10.5. The molecule has 2 heteroatoms. The number of rotatable bonds is 0. The molecule has 69 valence electrons. The van der Waals surface area contributed by atoms with Crippen molar-refractivity contribution < 1.29 is 5.11 Å². The molecule has 0 unspecified atom stereocenters. The Balaban J connectivity index is -0.000000144. The minimum absolute atomic E-state index is 0. The van der Waals surface area contributed by atoms with Gasteiger partial charge in [0.1, 0.15) is 0 Å². The Hall–Kier alpha value is 0.176. The van der Waals surface area contributed by atoms with E-state index in [1.807, 2.05) is 6.92 Å². The second-order valence-corrected chi connectivity index (χ2v) is 2.06. The van der Waals surface area contributed by atoms with E-state index in [4.69, 9.17) is 0 Å². The summed E-state index contributed by atoms with van der Waals surface area (Å²) in [6, 6.07) is 0. The van der Waals surface area contributed by atoms with Crippen LogP contribution in [0.15, 0.2) is 11.3 Å². The third-order valence-corrected chi connectivity index (χ3v) is 1.43. The number of hydrogen-bond acceptors (Lipinski definition) is 1. The Labute approximate surface area is 90.3 Å². The molecule has 0 atom stereocenters. The molecule has 1 nitrogen and oxygen atoms in total. The van der Waals surface area contributed by atoms with Gasteiger partial charge in [-0.15, -0.1) is 5.76 Å². The first kappa shape index (κ1) is 18.1. The van der Waals surface area contributed by atoms with Crippen LogP contribution < -0.4 is 5.11 Å². The molecule has 1 aliphatic rings. The van der Waals surface area contributed by atoms with E-state index in [1.165, 1.54) is 0 Å². The van der Waals surface area contributed by atoms with Gasteiger partial charge in [0, 0.05) is 19.8 Å². The Morgan fingerprint density at radius 2 is 1.50 bits per heavy atom. The smallest absolute Gasteiger partial charge is 0 e. The number of allylic oxidation sites excluding steroid dienone is 2. The van der Waals surface area contributed by atoms with Gasteiger partial charge in [0.05, 0.1) is 0 Å². The predicted octanol–water partition coefficient (Wildman–Crippen LogP) is 2.10. The van der Waals surface area contributed by atoms with E-state index in [0.717, 1.165) is 24.8 Å². The van der Waals surface area contributed by atoms with E-state index in [0.29, 0.717) is 5.76 Å². The van der Waals surface area contributed by atoms with E-state index >= 15 is 0 Å². The standard InChI is InChI=1S/C6H10O.2C2H5.Ga/c1-5-3-2-4-6(5)7;2*1-2;/h7H,2-4H2,1H3;2*1H2,2H3;/p-1. The second-order valence-electron chi connectivity index (χ2n) is 2.06. The van der Waals surface area contributed by atoms with E-state index in [-0.39, 0.29) is 19.8 Å². The summed E-state index contributed by atoms with van der Waals surface area (Å²) in [6.07, 6.45) is 2.93. The molecule has 0 aromatic carbocycles. The molecule has 0 bridgehead atoms. The zero-order chi connectivity index (χ0) is 9.28. The maximum Gasteiger partial charge on any atom is 0 e. The van der Waals surface area contributed by atoms with Crippen LogP contribution in [-0.2, 0) is 0 Å². The first-order chi connectivity index (χ1) is 5.30. The molecular formula is C10H19GaO-. The molecule has 0 aromatic heterocycles. The van der Waals surface area contributed by atoms with Gasteiger partial charge in [0.15, 0.2) is 0 Å². The quantitative estimate of drug-likeness (QED) is 0.579. The normalized spacial score (nSPS) is 13.4. The Bertz CT molecular complexity index is 96.4. The molecule has 0 N–H and O–H groups in total. The minimum atomic E-state index is 0. The SMILES string of the molecule is CC1=C([O-])CCC1.[CH2]C.[CH2]C.[Ga]. The largest absolute Gasteiger partial charge is 0.875 e. The third-order valence-electron chi connectivity index (χ3n) is 1.43. The van der Waals surface area contributed by atoms with Crippen LogP contribution in [0.3, 0.4) is 0 Å². The Kier molecular flexibility index (Phi) is 20.7. The molecular weight excluding hydrogens is 206 g/mol. The van der Waals surface area contributed by atoms with Gasteiger partial charge in [-0.25, -0.2) is 0 Å². The summed E-state index contributed by atoms with van der Waals surface area (Å²) in [7, 11) is 0. The zero-order valence-corrected chi connectivity index (χ0v) is 10.9. The average molecular weight is 225 g/mol. The van der Waals surface area contributed by atoms with Crippen LogP contribution in [0.1, 0.15) is 40.0 Å². The van der Waals surface area contributed by atoms with Crippen molar-refractivity contribution in [2.45, 2.75) is 40.0 Å². The molecule has 0 aromatic rings. The van der Waals surface area contributed by atoms with E-state index < -0.39 is 0 Å². The Morgan fingerprint density at radius 1 is 1.08 bits per heavy atom. The summed E-state index contributed by atoms with van der Waals surface area (Å²) in [5.41, 5.74) is 1.07. The molecule has 12 heavy (non-hydrogen) atoms. The van der Waals surface area contributed by atoms with Crippen LogP contribution >= 0.6 is 0 Å². The molecule has 5 radical (unpaired) electrons. The summed E-state index contributed by atoms with van der Waals surface area (Å²) < 4.78 is 0. The van der Waals surface area contributed by atoms with Crippen molar-refractivity contribution in [2.24, 2.45) is 0 Å². The van der Waals surface area contributed by atoms with Gasteiger partial charge < -0.3 is 5.11 Å². The molecule has 1 aliphatic carbocycles. The fraction of sp³-hybridized carbons (Fsp3) is 0.600. The maximum absolute atomic E-state index is 10.5. The van der Waals surface area contributed by atoms with Crippen LogP contribution in [0.5, 0.6) is 0 Å². The molecule has 0 spiro atoms. The summed E-state index contributed by atoms with van der Waals surface area (Å²) in [5.74, 6) is 0.375.